The third-order valence-electron chi connectivity index (χ3n) is 4.03. The van der Waals surface area contributed by atoms with E-state index in [9.17, 15) is 9.93 Å². The highest BCUT2D eigenvalue weighted by atomic mass is 16.5. The van der Waals surface area contributed by atoms with Gasteiger partial charge in [-0.15, -0.1) is 0 Å². The Labute approximate surface area is 146 Å². The Bertz CT molecular complexity index is 697. The minimum atomic E-state index is -1.09. The maximum Gasteiger partial charge on any atom is 0.495 e. The van der Waals surface area contributed by atoms with E-state index >= 15 is 0 Å². The molecule has 7 heteroatoms. The van der Waals surface area contributed by atoms with Crippen LogP contribution in [0.2, 0.25) is 0 Å². The highest BCUT2D eigenvalue weighted by molar-refractivity contribution is 6.62. The van der Waals surface area contributed by atoms with Gasteiger partial charge in [-0.2, -0.15) is 4.91 Å². The molecule has 3 rings (SSSR count). The van der Waals surface area contributed by atoms with Gasteiger partial charge in [0.1, 0.15) is 12.3 Å². The second kappa shape index (κ2) is 8.76. The van der Waals surface area contributed by atoms with Crippen LogP contribution in [-0.2, 0) is 16.0 Å². The zero-order valence-corrected chi connectivity index (χ0v) is 13.8. The molecule has 1 aliphatic rings. The third-order valence-corrected chi connectivity index (χ3v) is 4.03. The van der Waals surface area contributed by atoms with Crippen molar-refractivity contribution in [2.24, 2.45) is 5.18 Å². The van der Waals surface area contributed by atoms with Crippen LogP contribution in [0.15, 0.2) is 53.7 Å². The van der Waals surface area contributed by atoms with Crippen LogP contribution in [0.25, 0.3) is 0 Å². The maximum atomic E-state index is 10.5. The van der Waals surface area contributed by atoms with Gasteiger partial charge in [-0.05, 0) is 17.2 Å². The van der Waals surface area contributed by atoms with Crippen LogP contribution in [0.4, 0.5) is 0 Å². The molecule has 1 heterocycles. The van der Waals surface area contributed by atoms with Crippen molar-refractivity contribution in [1.82, 2.24) is 0 Å². The molecule has 0 amide bonds. The molecule has 2 aromatic rings. The van der Waals surface area contributed by atoms with Crippen LogP contribution >= 0.6 is 0 Å². The second-order valence-electron chi connectivity index (χ2n) is 5.79. The topological polar surface area (TPSA) is 77.4 Å². The molecule has 1 atom stereocenters. The van der Waals surface area contributed by atoms with E-state index in [0.29, 0.717) is 31.0 Å². The van der Waals surface area contributed by atoms with Gasteiger partial charge >= 0.3 is 7.12 Å². The molecule has 0 aliphatic carbocycles. The normalized spacial score (nSPS) is 15.9. The fourth-order valence-electron chi connectivity index (χ4n) is 2.85. The molecule has 1 N–H and O–H groups in total. The number of ether oxygens (including phenoxy) is 2. The van der Waals surface area contributed by atoms with Crippen LogP contribution < -0.4 is 10.2 Å². The summed E-state index contributed by atoms with van der Waals surface area (Å²) in [5.74, 6) is 0.571. The molecule has 25 heavy (non-hydrogen) atoms. The Balaban J connectivity index is 1.47. The number of fused-ring (bicyclic) bond motifs is 1. The molecule has 0 saturated carbocycles. The summed E-state index contributed by atoms with van der Waals surface area (Å²) in [6.45, 7) is 1.60. The van der Waals surface area contributed by atoms with Crippen molar-refractivity contribution in [2.45, 2.75) is 19.1 Å². The lowest BCUT2D eigenvalue weighted by atomic mass is 9.78. The fraction of sp³-hybridized carbons (Fsp3) is 0.333. The summed E-state index contributed by atoms with van der Waals surface area (Å²) in [5, 5.41) is 12.9. The van der Waals surface area contributed by atoms with E-state index in [1.54, 1.807) is 6.07 Å². The van der Waals surface area contributed by atoms with Gasteiger partial charge in [-0.25, -0.2) is 0 Å². The zero-order valence-electron chi connectivity index (χ0n) is 13.8. The average Bonchev–Trinajstić information content (AvgIpc) is 2.96. The lowest BCUT2D eigenvalue weighted by molar-refractivity contribution is 0.107. The van der Waals surface area contributed by atoms with E-state index < -0.39 is 13.2 Å². The quantitative estimate of drug-likeness (QED) is 0.430. The van der Waals surface area contributed by atoms with Gasteiger partial charge in [0.05, 0.1) is 25.9 Å². The smallest absolute Gasteiger partial charge is 0.494 e. The van der Waals surface area contributed by atoms with Crippen molar-refractivity contribution >= 4 is 12.6 Å². The van der Waals surface area contributed by atoms with Gasteiger partial charge in [-0.3, -0.25) is 0 Å². The van der Waals surface area contributed by atoms with Crippen LogP contribution in [0, 0.1) is 4.91 Å². The number of nitrogens with zero attached hydrogens (tertiary/aromatic N) is 1. The van der Waals surface area contributed by atoms with E-state index in [1.807, 2.05) is 42.5 Å². The Morgan fingerprint density at radius 1 is 1.12 bits per heavy atom. The molecule has 0 bridgehead atoms. The van der Waals surface area contributed by atoms with Gasteiger partial charge in [0.25, 0.3) is 0 Å². The van der Waals surface area contributed by atoms with Gasteiger partial charge < -0.3 is 19.2 Å². The summed E-state index contributed by atoms with van der Waals surface area (Å²) >= 11 is 0. The number of benzene rings is 2. The largest absolute Gasteiger partial charge is 0.495 e. The van der Waals surface area contributed by atoms with E-state index in [0.717, 1.165) is 17.5 Å². The van der Waals surface area contributed by atoms with Gasteiger partial charge in [-0.1, -0.05) is 47.6 Å². The lowest BCUT2D eigenvalue weighted by Gasteiger charge is -2.11. The van der Waals surface area contributed by atoms with E-state index in [2.05, 4.69) is 5.18 Å². The Kier molecular flexibility index (Phi) is 6.17. The van der Waals surface area contributed by atoms with Crippen molar-refractivity contribution < 1.29 is 19.2 Å². The molecule has 0 spiro atoms. The van der Waals surface area contributed by atoms with Crippen molar-refractivity contribution in [3.8, 4) is 5.75 Å². The van der Waals surface area contributed by atoms with Crippen LogP contribution in [0.3, 0.4) is 0 Å². The molecule has 2 aromatic carbocycles. The van der Waals surface area contributed by atoms with Crippen molar-refractivity contribution in [2.75, 3.05) is 19.8 Å². The highest BCUT2D eigenvalue weighted by Crippen LogP contribution is 2.27. The molecule has 0 radical (unpaired) electrons. The Morgan fingerprint density at radius 2 is 1.96 bits per heavy atom. The maximum absolute atomic E-state index is 10.5. The first-order chi connectivity index (χ1) is 12.3. The van der Waals surface area contributed by atoms with Crippen LogP contribution in [0.5, 0.6) is 5.75 Å². The molecule has 130 valence electrons. The fourth-order valence-corrected chi connectivity index (χ4v) is 2.85. The second-order valence-corrected chi connectivity index (χ2v) is 5.79. The summed E-state index contributed by atoms with van der Waals surface area (Å²) < 4.78 is 16.8. The first-order valence-corrected chi connectivity index (χ1v) is 8.29. The van der Waals surface area contributed by atoms with Crippen molar-refractivity contribution in [1.29, 1.82) is 0 Å². The molecule has 1 aliphatic heterocycles. The standard InChI is InChI=1S/C18H20BNO5/c21-19-18-15(17(25-19)12-20-22)8-4-9-16(18)24-11-5-10-23-13-14-6-2-1-3-7-14/h1-4,6-9,17,21H,5,10-13H2/t17-/m1/s1. The Hall–Kier alpha value is -2.22. The summed E-state index contributed by atoms with van der Waals surface area (Å²) in [4.78, 5) is 10.5. The molecule has 0 fully saturated rings. The minimum absolute atomic E-state index is 0.0269. The van der Waals surface area contributed by atoms with Gasteiger partial charge in [0.15, 0.2) is 0 Å². The molecule has 0 unspecified atom stereocenters. The first kappa shape index (κ1) is 17.6. The van der Waals surface area contributed by atoms with Crippen molar-refractivity contribution in [3.05, 3.63) is 64.6 Å². The molecule has 0 aromatic heterocycles. The highest BCUT2D eigenvalue weighted by Gasteiger charge is 2.37. The summed E-state index contributed by atoms with van der Waals surface area (Å²) in [7, 11) is -1.09. The molecular formula is C18H20BNO5. The van der Waals surface area contributed by atoms with E-state index in [1.165, 1.54) is 0 Å². The van der Waals surface area contributed by atoms with Gasteiger partial charge in [0, 0.05) is 11.9 Å². The Morgan fingerprint density at radius 3 is 2.76 bits per heavy atom. The lowest BCUT2D eigenvalue weighted by Crippen LogP contribution is -2.30. The molecule has 6 nitrogen and oxygen atoms in total. The van der Waals surface area contributed by atoms with E-state index in [4.69, 9.17) is 14.1 Å². The molecular weight excluding hydrogens is 321 g/mol. The predicted octanol–water partition coefficient (Wildman–Crippen LogP) is 2.20. The predicted molar refractivity (Wildman–Crippen MR) is 94.7 cm³/mol. The SMILES string of the molecule is O=NC[C@H]1OB(O)c2c(OCCCOCc3ccccc3)cccc21. The van der Waals surface area contributed by atoms with Crippen LogP contribution in [-0.4, -0.2) is 31.9 Å². The third kappa shape index (κ3) is 4.45. The average molecular weight is 341 g/mol. The van der Waals surface area contributed by atoms with Gasteiger partial charge in [0.2, 0.25) is 0 Å². The number of hydrogen-bond acceptors (Lipinski definition) is 6. The van der Waals surface area contributed by atoms with Crippen molar-refractivity contribution in [3.63, 3.8) is 0 Å². The monoisotopic (exact) mass is 341 g/mol. The summed E-state index contributed by atoms with van der Waals surface area (Å²) in [6, 6.07) is 15.4. The molecule has 0 saturated heterocycles. The zero-order chi connectivity index (χ0) is 17.5. The summed E-state index contributed by atoms with van der Waals surface area (Å²) in [5.41, 5.74) is 2.48. The van der Waals surface area contributed by atoms with E-state index in [-0.39, 0.29) is 6.54 Å². The number of rotatable bonds is 9. The first-order valence-electron chi connectivity index (χ1n) is 8.29. The van der Waals surface area contributed by atoms with Crippen LogP contribution in [0.1, 0.15) is 23.7 Å². The number of nitroso groups, excluding NO2 is 1. The minimum Gasteiger partial charge on any atom is -0.494 e. The summed E-state index contributed by atoms with van der Waals surface area (Å²) in [6.07, 6.45) is 0.215. The number of hydrogen-bond donors (Lipinski definition) is 1.